The van der Waals surface area contributed by atoms with E-state index in [4.69, 9.17) is 9.57 Å². The van der Waals surface area contributed by atoms with E-state index >= 15 is 0 Å². The molecule has 1 unspecified atom stereocenters. The highest BCUT2D eigenvalue weighted by atomic mass is 16.8. The average molecular weight is 360 g/mol. The molecule has 1 aromatic carbocycles. The van der Waals surface area contributed by atoms with Crippen LogP contribution in [-0.4, -0.2) is 18.8 Å². The van der Waals surface area contributed by atoms with Gasteiger partial charge in [-0.05, 0) is 43.4 Å². The minimum absolute atomic E-state index is 0.231. The van der Waals surface area contributed by atoms with Gasteiger partial charge in [-0.2, -0.15) is 0 Å². The summed E-state index contributed by atoms with van der Waals surface area (Å²) >= 11 is 0. The van der Waals surface area contributed by atoms with E-state index in [-0.39, 0.29) is 12.2 Å². The number of ether oxygens (including phenoxy) is 1. The van der Waals surface area contributed by atoms with Gasteiger partial charge in [0.1, 0.15) is 0 Å². The van der Waals surface area contributed by atoms with Crippen molar-refractivity contribution in [3.8, 4) is 0 Å². The first-order valence-corrected chi connectivity index (χ1v) is 10.1. The predicted molar refractivity (Wildman–Crippen MR) is 106 cm³/mol. The molecular weight excluding hydrogens is 326 g/mol. The molecule has 1 saturated heterocycles. The van der Waals surface area contributed by atoms with Gasteiger partial charge in [-0.3, -0.25) is 4.79 Å². The van der Waals surface area contributed by atoms with Crippen molar-refractivity contribution in [2.75, 3.05) is 6.61 Å². The number of unbranched alkanes of at least 4 members (excludes halogenated alkanes) is 6. The fourth-order valence-electron chi connectivity index (χ4n) is 3.03. The number of carbonyl (C=O) groups excluding carboxylic acids is 1. The maximum Gasteiger partial charge on any atom is 0.274 e. The van der Waals surface area contributed by atoms with Crippen LogP contribution in [0.1, 0.15) is 87.1 Å². The van der Waals surface area contributed by atoms with Gasteiger partial charge < -0.3 is 4.74 Å². The van der Waals surface area contributed by atoms with Crippen LogP contribution < -0.4 is 5.48 Å². The molecule has 144 valence electrons. The summed E-state index contributed by atoms with van der Waals surface area (Å²) in [6.07, 6.45) is 15.9. The van der Waals surface area contributed by atoms with Gasteiger partial charge in [0.15, 0.2) is 6.29 Å². The first-order chi connectivity index (χ1) is 12.8. The highest BCUT2D eigenvalue weighted by molar-refractivity contribution is 5.94. The normalized spacial score (nSPS) is 17.5. The summed E-state index contributed by atoms with van der Waals surface area (Å²) in [6, 6.07) is 7.60. The zero-order valence-electron chi connectivity index (χ0n) is 16.0. The van der Waals surface area contributed by atoms with Crippen LogP contribution in [0.25, 0.3) is 6.08 Å². The molecule has 0 radical (unpaired) electrons. The second kappa shape index (κ2) is 12.7. The third-order valence-electron chi connectivity index (χ3n) is 4.60. The topological polar surface area (TPSA) is 47.6 Å². The predicted octanol–water partition coefficient (Wildman–Crippen LogP) is 5.64. The quantitative estimate of drug-likeness (QED) is 0.411. The van der Waals surface area contributed by atoms with Crippen LogP contribution in [0.4, 0.5) is 0 Å². The van der Waals surface area contributed by atoms with Gasteiger partial charge in [-0.1, -0.05) is 63.3 Å². The number of allylic oxidation sites excluding steroid dienone is 1. The molecule has 0 aliphatic carbocycles. The zero-order chi connectivity index (χ0) is 18.5. The number of hydrogen-bond acceptors (Lipinski definition) is 3. The number of carbonyl (C=O) groups is 1. The lowest BCUT2D eigenvalue weighted by molar-refractivity contribution is -0.186. The molecule has 0 aromatic heterocycles. The summed E-state index contributed by atoms with van der Waals surface area (Å²) in [5, 5.41) is 0. The largest absolute Gasteiger partial charge is 0.350 e. The van der Waals surface area contributed by atoms with Crippen molar-refractivity contribution in [2.24, 2.45) is 0 Å². The zero-order valence-corrected chi connectivity index (χ0v) is 16.0. The van der Waals surface area contributed by atoms with Gasteiger partial charge in [-0.15, -0.1) is 0 Å². The number of benzene rings is 1. The Morgan fingerprint density at radius 3 is 2.88 bits per heavy atom. The Morgan fingerprint density at radius 1 is 1.23 bits per heavy atom. The minimum Gasteiger partial charge on any atom is -0.350 e. The smallest absolute Gasteiger partial charge is 0.274 e. The Balaban J connectivity index is 1.70. The lowest BCUT2D eigenvalue weighted by Crippen LogP contribution is -2.33. The van der Waals surface area contributed by atoms with Gasteiger partial charge in [0.25, 0.3) is 5.91 Å². The van der Waals surface area contributed by atoms with E-state index < -0.39 is 0 Å². The molecule has 0 saturated carbocycles. The SMILES string of the molecule is CCCCCCCCC=Cc1cccc(C(=O)NOC2CCCCO2)c1. The summed E-state index contributed by atoms with van der Waals surface area (Å²) in [6.45, 7) is 2.94. The molecule has 1 N–H and O–H groups in total. The van der Waals surface area contributed by atoms with Crippen molar-refractivity contribution in [1.82, 2.24) is 5.48 Å². The van der Waals surface area contributed by atoms with E-state index in [0.29, 0.717) is 12.2 Å². The summed E-state index contributed by atoms with van der Waals surface area (Å²) in [7, 11) is 0. The molecular formula is C22H33NO3. The molecule has 1 aliphatic heterocycles. The lowest BCUT2D eigenvalue weighted by atomic mass is 10.1. The minimum atomic E-state index is -0.326. The highest BCUT2D eigenvalue weighted by Crippen LogP contribution is 2.14. The monoisotopic (exact) mass is 359 g/mol. The lowest BCUT2D eigenvalue weighted by Gasteiger charge is -2.22. The van der Waals surface area contributed by atoms with Crippen molar-refractivity contribution < 1.29 is 14.4 Å². The summed E-state index contributed by atoms with van der Waals surface area (Å²) in [5.41, 5.74) is 4.15. The standard InChI is InChI=1S/C22H33NO3/c1-2-3-4-5-6-7-8-9-13-19-14-12-15-20(18-19)22(24)23-26-21-16-10-11-17-25-21/h9,12-15,18,21H,2-8,10-11,16-17H2,1H3,(H,23,24). The van der Waals surface area contributed by atoms with E-state index in [0.717, 1.165) is 31.2 Å². The molecule has 2 rings (SSSR count). The molecule has 1 atom stereocenters. The maximum atomic E-state index is 12.2. The van der Waals surface area contributed by atoms with Crippen LogP contribution in [0, 0.1) is 0 Å². The van der Waals surface area contributed by atoms with E-state index in [1.165, 1.54) is 38.5 Å². The highest BCUT2D eigenvalue weighted by Gasteiger charge is 2.16. The van der Waals surface area contributed by atoms with E-state index in [1.54, 1.807) is 6.07 Å². The average Bonchev–Trinajstić information content (AvgIpc) is 2.69. The second-order valence-electron chi connectivity index (χ2n) is 6.93. The third kappa shape index (κ3) is 8.15. The van der Waals surface area contributed by atoms with Crippen molar-refractivity contribution in [1.29, 1.82) is 0 Å². The number of nitrogens with one attached hydrogen (secondary N) is 1. The van der Waals surface area contributed by atoms with E-state index in [9.17, 15) is 4.79 Å². The van der Waals surface area contributed by atoms with E-state index in [2.05, 4.69) is 24.6 Å². The van der Waals surface area contributed by atoms with Crippen LogP contribution in [-0.2, 0) is 9.57 Å². The van der Waals surface area contributed by atoms with Crippen LogP contribution in [0.2, 0.25) is 0 Å². The Kier molecular flexibility index (Phi) is 10.1. The molecule has 1 heterocycles. The van der Waals surface area contributed by atoms with Crippen molar-refractivity contribution >= 4 is 12.0 Å². The number of hydroxylamine groups is 1. The van der Waals surface area contributed by atoms with Crippen LogP contribution in [0.5, 0.6) is 0 Å². The Bertz CT molecular complexity index is 550. The second-order valence-corrected chi connectivity index (χ2v) is 6.93. The number of hydrogen-bond donors (Lipinski definition) is 1. The molecule has 4 nitrogen and oxygen atoms in total. The van der Waals surface area contributed by atoms with Gasteiger partial charge in [-0.25, -0.2) is 10.3 Å². The molecule has 1 fully saturated rings. The summed E-state index contributed by atoms with van der Waals surface area (Å²) < 4.78 is 5.45. The van der Waals surface area contributed by atoms with Crippen molar-refractivity contribution in [2.45, 2.75) is 77.4 Å². The molecule has 4 heteroatoms. The Hall–Kier alpha value is -1.65. The summed E-state index contributed by atoms with van der Waals surface area (Å²) in [4.78, 5) is 17.6. The van der Waals surface area contributed by atoms with Gasteiger partial charge >= 0.3 is 0 Å². The van der Waals surface area contributed by atoms with Crippen LogP contribution in [0.3, 0.4) is 0 Å². The fraction of sp³-hybridized carbons (Fsp3) is 0.591. The Labute approximate surface area is 157 Å². The number of amides is 1. The van der Waals surface area contributed by atoms with Crippen molar-refractivity contribution in [3.63, 3.8) is 0 Å². The van der Waals surface area contributed by atoms with Gasteiger partial charge in [0, 0.05) is 18.6 Å². The summed E-state index contributed by atoms with van der Waals surface area (Å²) in [5.74, 6) is -0.231. The molecule has 26 heavy (non-hydrogen) atoms. The van der Waals surface area contributed by atoms with Crippen molar-refractivity contribution in [3.05, 3.63) is 41.5 Å². The van der Waals surface area contributed by atoms with Gasteiger partial charge in [0.05, 0.1) is 0 Å². The fourth-order valence-corrected chi connectivity index (χ4v) is 3.03. The first-order valence-electron chi connectivity index (χ1n) is 10.1. The van der Waals surface area contributed by atoms with Crippen LogP contribution in [0.15, 0.2) is 30.3 Å². The molecule has 0 spiro atoms. The third-order valence-corrected chi connectivity index (χ3v) is 4.60. The molecule has 1 aliphatic rings. The maximum absolute atomic E-state index is 12.2. The molecule has 1 amide bonds. The molecule has 0 bridgehead atoms. The van der Waals surface area contributed by atoms with Crippen LogP contribution >= 0.6 is 0 Å². The Morgan fingerprint density at radius 2 is 2.08 bits per heavy atom. The first kappa shape index (κ1) is 20.7. The number of rotatable bonds is 11. The van der Waals surface area contributed by atoms with E-state index in [1.807, 2.05) is 18.2 Å². The molecule has 1 aromatic rings. The van der Waals surface area contributed by atoms with Gasteiger partial charge in [0.2, 0.25) is 0 Å².